The Morgan fingerprint density at radius 1 is 1.04 bits per heavy atom. The molecule has 3 rings (SSSR count). The first-order chi connectivity index (χ1) is 12.9. The Balaban J connectivity index is 1.90. The van der Waals surface area contributed by atoms with Gasteiger partial charge in [0.1, 0.15) is 23.3 Å². The van der Waals surface area contributed by atoms with Crippen molar-refractivity contribution in [2.75, 3.05) is 7.11 Å². The molecule has 0 saturated heterocycles. The van der Waals surface area contributed by atoms with Crippen LogP contribution in [0.3, 0.4) is 0 Å². The number of benzene rings is 2. The molecule has 0 unspecified atom stereocenters. The minimum atomic E-state index is -0.772. The van der Waals surface area contributed by atoms with Gasteiger partial charge < -0.3 is 18.6 Å². The maximum Gasteiger partial charge on any atom is 0.346 e. The second-order valence-corrected chi connectivity index (χ2v) is 6.30. The average molecular weight is 368 g/mol. The molecule has 0 amide bonds. The first kappa shape index (κ1) is 18.5. The summed E-state index contributed by atoms with van der Waals surface area (Å²) in [6.45, 7) is 5.49. The molecule has 140 valence electrons. The molecule has 0 aliphatic rings. The van der Waals surface area contributed by atoms with E-state index in [4.69, 9.17) is 13.9 Å². The van der Waals surface area contributed by atoms with Gasteiger partial charge in [-0.05, 0) is 56.2 Å². The molecule has 6 heteroatoms. The lowest BCUT2D eigenvalue weighted by Gasteiger charge is -2.12. The Kier molecular flexibility index (Phi) is 5.16. The quantitative estimate of drug-likeness (QED) is 0.630. The molecule has 6 nitrogen and oxygen atoms in total. The smallest absolute Gasteiger partial charge is 0.346 e. The molecule has 0 spiro atoms. The predicted molar refractivity (Wildman–Crippen MR) is 101 cm³/mol. The Morgan fingerprint density at radius 3 is 2.41 bits per heavy atom. The largest absolute Gasteiger partial charge is 0.479 e. The molecule has 1 atom stereocenters. The van der Waals surface area contributed by atoms with Crippen LogP contribution in [0.4, 0.5) is 0 Å². The third kappa shape index (κ3) is 4.11. The molecule has 0 aliphatic carbocycles. The number of fused-ring (bicyclic) bond motifs is 1. The molecule has 0 saturated carbocycles. The van der Waals surface area contributed by atoms with Crippen LogP contribution < -0.4 is 14.9 Å². The highest BCUT2D eigenvalue weighted by Gasteiger charge is 2.16. The number of carbonyl (C=O) groups excluding carboxylic acids is 1. The highest BCUT2D eigenvalue weighted by molar-refractivity contribution is 5.79. The van der Waals surface area contributed by atoms with Crippen molar-refractivity contribution in [1.82, 2.24) is 0 Å². The summed E-state index contributed by atoms with van der Waals surface area (Å²) in [5.41, 5.74) is 2.12. The van der Waals surface area contributed by atoms with Crippen molar-refractivity contribution in [3.05, 3.63) is 64.0 Å². The summed E-state index contributed by atoms with van der Waals surface area (Å²) < 4.78 is 21.4. The lowest BCUT2D eigenvalue weighted by molar-refractivity contribution is -0.147. The summed E-state index contributed by atoms with van der Waals surface area (Å²) in [5, 5.41) is 0.356. The third-order valence-corrected chi connectivity index (χ3v) is 3.98. The topological polar surface area (TPSA) is 75.0 Å². The Morgan fingerprint density at radius 2 is 1.74 bits per heavy atom. The van der Waals surface area contributed by atoms with E-state index < -0.39 is 12.1 Å². The van der Waals surface area contributed by atoms with Gasteiger partial charge in [0.25, 0.3) is 0 Å². The number of aryl methyl sites for hydroxylation is 2. The number of esters is 1. The van der Waals surface area contributed by atoms with E-state index in [9.17, 15) is 9.59 Å². The minimum Gasteiger partial charge on any atom is -0.479 e. The van der Waals surface area contributed by atoms with Crippen molar-refractivity contribution in [2.45, 2.75) is 26.9 Å². The van der Waals surface area contributed by atoms with E-state index in [1.165, 1.54) is 13.4 Å². The Hall–Kier alpha value is -3.28. The number of methoxy groups -OCH3 is 1. The van der Waals surface area contributed by atoms with Crippen LogP contribution in [0.25, 0.3) is 11.0 Å². The van der Waals surface area contributed by atoms with Crippen LogP contribution in [-0.4, -0.2) is 19.2 Å². The average Bonchev–Trinajstić information content (AvgIpc) is 2.62. The van der Waals surface area contributed by atoms with Crippen LogP contribution in [0.15, 0.2) is 51.9 Å². The van der Waals surface area contributed by atoms with E-state index in [2.05, 4.69) is 4.74 Å². The normalized spacial score (nSPS) is 11.9. The fourth-order valence-corrected chi connectivity index (χ4v) is 2.77. The Bertz CT molecular complexity index is 1030. The number of hydrogen-bond acceptors (Lipinski definition) is 6. The summed E-state index contributed by atoms with van der Waals surface area (Å²) in [5.74, 6) is 0.579. The van der Waals surface area contributed by atoms with Crippen molar-refractivity contribution in [2.24, 2.45) is 0 Å². The summed E-state index contributed by atoms with van der Waals surface area (Å²) in [4.78, 5) is 24.2. The molecule has 0 aliphatic heterocycles. The van der Waals surface area contributed by atoms with Crippen LogP contribution >= 0.6 is 0 Å². The van der Waals surface area contributed by atoms with Crippen molar-refractivity contribution < 1.29 is 23.4 Å². The second-order valence-electron chi connectivity index (χ2n) is 6.30. The number of hydrogen-bond donors (Lipinski definition) is 0. The minimum absolute atomic E-state index is 0.101. The molecular weight excluding hydrogens is 348 g/mol. The number of rotatable bonds is 5. The van der Waals surface area contributed by atoms with Gasteiger partial charge in [-0.2, -0.15) is 0 Å². The van der Waals surface area contributed by atoms with Crippen LogP contribution in [0, 0.1) is 13.8 Å². The van der Waals surface area contributed by atoms with Gasteiger partial charge in [0.05, 0.1) is 12.5 Å². The van der Waals surface area contributed by atoms with Gasteiger partial charge in [0.2, 0.25) is 11.2 Å². The lowest BCUT2D eigenvalue weighted by Crippen LogP contribution is -2.24. The first-order valence-electron chi connectivity index (χ1n) is 8.43. The van der Waals surface area contributed by atoms with E-state index in [0.717, 1.165) is 11.1 Å². The zero-order chi connectivity index (χ0) is 19.6. The maximum absolute atomic E-state index is 12.7. The number of ether oxygens (including phenoxy) is 3. The van der Waals surface area contributed by atoms with Crippen LogP contribution in [-0.2, 0) is 9.53 Å². The van der Waals surface area contributed by atoms with E-state index in [1.807, 2.05) is 32.0 Å². The summed E-state index contributed by atoms with van der Waals surface area (Å²) in [7, 11) is 1.29. The molecular formula is C21H20O6. The van der Waals surface area contributed by atoms with Crippen molar-refractivity contribution >= 4 is 16.9 Å². The fourth-order valence-electron chi connectivity index (χ4n) is 2.77. The molecule has 2 aromatic carbocycles. The molecule has 0 radical (unpaired) electrons. The highest BCUT2D eigenvalue weighted by Crippen LogP contribution is 2.25. The van der Waals surface area contributed by atoms with Crippen molar-refractivity contribution in [1.29, 1.82) is 0 Å². The SMILES string of the molecule is COC(=O)[C@@H](C)Oc1ccc2c(=O)c(Oc3cc(C)cc(C)c3)coc2c1. The Labute approximate surface area is 156 Å². The first-order valence-corrected chi connectivity index (χ1v) is 8.43. The highest BCUT2D eigenvalue weighted by atomic mass is 16.6. The van der Waals surface area contributed by atoms with Crippen molar-refractivity contribution in [3.8, 4) is 17.2 Å². The maximum atomic E-state index is 12.7. The standard InChI is InChI=1S/C21H20O6/c1-12-7-13(2)9-16(8-12)27-19-11-25-18-10-15(5-6-17(18)20(19)22)26-14(3)21(23)24-4/h5-11,14H,1-4H3/t14-/m1/s1. The summed E-state index contributed by atoms with van der Waals surface area (Å²) in [6, 6.07) is 10.4. The van der Waals surface area contributed by atoms with E-state index in [-0.39, 0.29) is 11.2 Å². The van der Waals surface area contributed by atoms with Crippen LogP contribution in [0.2, 0.25) is 0 Å². The monoisotopic (exact) mass is 368 g/mol. The van der Waals surface area contributed by atoms with Gasteiger partial charge in [-0.1, -0.05) is 6.07 Å². The fraction of sp³-hybridized carbons (Fsp3) is 0.238. The molecule has 0 fully saturated rings. The van der Waals surface area contributed by atoms with Crippen LogP contribution in [0.1, 0.15) is 18.1 Å². The second kappa shape index (κ2) is 7.53. The van der Waals surface area contributed by atoms with Gasteiger partial charge in [0, 0.05) is 6.07 Å². The van der Waals surface area contributed by atoms with Gasteiger partial charge >= 0.3 is 5.97 Å². The van der Waals surface area contributed by atoms with Gasteiger partial charge in [-0.25, -0.2) is 4.79 Å². The van der Waals surface area contributed by atoms with Gasteiger partial charge in [0.15, 0.2) is 6.10 Å². The lowest BCUT2D eigenvalue weighted by atomic mass is 10.1. The van der Waals surface area contributed by atoms with Gasteiger partial charge in [-0.3, -0.25) is 4.79 Å². The third-order valence-electron chi connectivity index (χ3n) is 3.98. The molecule has 0 N–H and O–H groups in total. The molecule has 0 bridgehead atoms. The summed E-state index contributed by atoms with van der Waals surface area (Å²) in [6.07, 6.45) is 0.502. The van der Waals surface area contributed by atoms with E-state index >= 15 is 0 Å². The molecule has 1 aromatic heterocycles. The van der Waals surface area contributed by atoms with Crippen molar-refractivity contribution in [3.63, 3.8) is 0 Å². The zero-order valence-electron chi connectivity index (χ0n) is 15.6. The molecule has 3 aromatic rings. The number of carbonyl (C=O) groups is 1. The molecule has 27 heavy (non-hydrogen) atoms. The van der Waals surface area contributed by atoms with Crippen LogP contribution in [0.5, 0.6) is 17.2 Å². The van der Waals surface area contributed by atoms with E-state index in [1.54, 1.807) is 25.1 Å². The van der Waals surface area contributed by atoms with E-state index in [0.29, 0.717) is 22.5 Å². The molecule has 1 heterocycles. The zero-order valence-corrected chi connectivity index (χ0v) is 15.6. The summed E-state index contributed by atoms with van der Waals surface area (Å²) >= 11 is 0. The van der Waals surface area contributed by atoms with Gasteiger partial charge in [-0.15, -0.1) is 0 Å². The predicted octanol–water partition coefficient (Wildman–Crippen LogP) is 4.14.